The Morgan fingerprint density at radius 1 is 1.26 bits per heavy atom. The molecule has 0 bridgehead atoms. The fraction of sp³-hybridized carbons (Fsp3) is 0.524. The molecule has 0 spiro atoms. The molecule has 1 aromatic carbocycles. The van der Waals surface area contributed by atoms with Crippen molar-refractivity contribution in [1.82, 2.24) is 14.8 Å². The lowest BCUT2D eigenvalue weighted by molar-refractivity contribution is -0.268. The van der Waals surface area contributed by atoms with Gasteiger partial charge in [0.25, 0.3) is 0 Å². The lowest BCUT2D eigenvalue weighted by Gasteiger charge is -2.36. The maximum absolute atomic E-state index is 13.7. The summed E-state index contributed by atoms with van der Waals surface area (Å²) in [5, 5.41) is 11.3. The van der Waals surface area contributed by atoms with Crippen LogP contribution in [0.2, 0.25) is 0 Å². The Bertz CT molecular complexity index is 957. The molecule has 1 fully saturated rings. The summed E-state index contributed by atoms with van der Waals surface area (Å²) in [6.07, 6.45) is -5.16. The van der Waals surface area contributed by atoms with Gasteiger partial charge in [-0.1, -0.05) is 12.1 Å². The third-order valence-corrected chi connectivity index (χ3v) is 6.85. The topological polar surface area (TPSA) is 65.9 Å². The summed E-state index contributed by atoms with van der Waals surface area (Å²) < 4.78 is 46.5. The van der Waals surface area contributed by atoms with Crippen LogP contribution in [-0.2, 0) is 23.4 Å². The van der Waals surface area contributed by atoms with E-state index in [-0.39, 0.29) is 0 Å². The molecular weight excluding hydrogens is 431 g/mol. The second kappa shape index (κ2) is 8.40. The number of hydrogen-bond acceptors (Lipinski definition) is 6. The molecule has 1 amide bonds. The van der Waals surface area contributed by atoms with Crippen molar-refractivity contribution in [2.75, 3.05) is 32.8 Å². The predicted molar refractivity (Wildman–Crippen MR) is 109 cm³/mol. The number of aliphatic hydroxyl groups is 1. The summed E-state index contributed by atoms with van der Waals surface area (Å²) in [5.74, 6) is 0.203. The Hall–Kier alpha value is -2.17. The minimum atomic E-state index is -4.99. The van der Waals surface area contributed by atoms with Crippen molar-refractivity contribution in [3.8, 4) is 5.75 Å². The van der Waals surface area contributed by atoms with Gasteiger partial charge in [-0.15, -0.1) is 11.3 Å². The Morgan fingerprint density at radius 3 is 2.65 bits per heavy atom. The van der Waals surface area contributed by atoms with Crippen LogP contribution in [0.25, 0.3) is 0 Å². The van der Waals surface area contributed by atoms with Gasteiger partial charge in [-0.2, -0.15) is 13.2 Å². The van der Waals surface area contributed by atoms with Crippen molar-refractivity contribution >= 4 is 17.2 Å². The Kier molecular flexibility index (Phi) is 5.97. The standard InChI is InChI=1S/C21H24F3N3O3S/c1-14-13-31-19(25-14)20(29,21(22,23)24)11-18(28)27-7-5-26(6-8-27)12-15-2-3-17-16(10-15)4-9-30-17/h2-3,10,13,29H,4-9,11-12H2,1H3. The Labute approximate surface area is 182 Å². The molecule has 1 aromatic heterocycles. The molecule has 10 heteroatoms. The molecule has 31 heavy (non-hydrogen) atoms. The van der Waals surface area contributed by atoms with E-state index < -0.39 is 29.1 Å². The number of alkyl halides is 3. The number of nitrogens with zero attached hydrogens (tertiary/aromatic N) is 3. The molecule has 1 N–H and O–H groups in total. The van der Waals surface area contributed by atoms with E-state index in [4.69, 9.17) is 4.74 Å². The van der Waals surface area contributed by atoms with Gasteiger partial charge >= 0.3 is 6.18 Å². The lowest BCUT2D eigenvalue weighted by atomic mass is 9.98. The first-order valence-electron chi connectivity index (χ1n) is 10.1. The number of rotatable bonds is 5. The van der Waals surface area contributed by atoms with Crippen molar-refractivity contribution in [1.29, 1.82) is 0 Å². The zero-order valence-corrected chi connectivity index (χ0v) is 17.9. The van der Waals surface area contributed by atoms with Crippen molar-refractivity contribution in [3.63, 3.8) is 0 Å². The molecule has 1 saturated heterocycles. The first-order valence-corrected chi connectivity index (χ1v) is 11.0. The van der Waals surface area contributed by atoms with Gasteiger partial charge in [-0.05, 0) is 24.1 Å². The highest BCUT2D eigenvalue weighted by atomic mass is 32.1. The minimum absolute atomic E-state index is 0.317. The van der Waals surface area contributed by atoms with E-state index in [1.165, 1.54) is 15.8 Å². The average Bonchev–Trinajstić information content (AvgIpc) is 3.36. The summed E-state index contributed by atoms with van der Waals surface area (Å²) in [7, 11) is 0. The Balaban J connectivity index is 1.36. The molecule has 1 unspecified atom stereocenters. The number of thiazole rings is 1. The van der Waals surface area contributed by atoms with Crippen molar-refractivity contribution in [2.45, 2.75) is 38.1 Å². The number of hydrogen-bond donors (Lipinski definition) is 1. The molecule has 6 nitrogen and oxygen atoms in total. The molecule has 0 aliphatic carbocycles. The van der Waals surface area contributed by atoms with Gasteiger partial charge in [-0.3, -0.25) is 9.69 Å². The summed E-state index contributed by atoms with van der Waals surface area (Å²) >= 11 is 0.713. The molecule has 168 valence electrons. The van der Waals surface area contributed by atoms with Gasteiger partial charge in [0.1, 0.15) is 10.8 Å². The highest BCUT2D eigenvalue weighted by molar-refractivity contribution is 7.09. The van der Waals surface area contributed by atoms with Crippen LogP contribution in [-0.4, -0.2) is 64.8 Å². The fourth-order valence-corrected chi connectivity index (χ4v) is 4.84. The number of aryl methyl sites for hydroxylation is 1. The number of halogens is 3. The number of aromatic nitrogens is 1. The van der Waals surface area contributed by atoms with Gasteiger partial charge in [0.2, 0.25) is 11.5 Å². The zero-order valence-electron chi connectivity index (χ0n) is 17.1. The third kappa shape index (κ3) is 4.56. The highest BCUT2D eigenvalue weighted by Gasteiger charge is 2.58. The third-order valence-electron chi connectivity index (χ3n) is 5.73. The van der Waals surface area contributed by atoms with E-state index >= 15 is 0 Å². The van der Waals surface area contributed by atoms with Crippen molar-refractivity contribution < 1.29 is 27.8 Å². The second-order valence-corrected chi connectivity index (χ2v) is 8.88. The number of fused-ring (bicyclic) bond motifs is 1. The number of carbonyl (C=O) groups is 1. The minimum Gasteiger partial charge on any atom is -0.493 e. The van der Waals surface area contributed by atoms with Crippen molar-refractivity contribution in [3.05, 3.63) is 45.4 Å². The molecule has 0 radical (unpaired) electrons. The molecular formula is C21H24F3N3O3S. The normalized spacial score (nSPS) is 19.1. The monoisotopic (exact) mass is 455 g/mol. The number of amides is 1. The zero-order chi connectivity index (χ0) is 22.2. The number of benzene rings is 1. The smallest absolute Gasteiger partial charge is 0.424 e. The molecule has 4 rings (SSSR count). The van der Waals surface area contributed by atoms with Gasteiger partial charge in [0, 0.05) is 50.2 Å². The summed E-state index contributed by atoms with van der Waals surface area (Å²) in [6, 6.07) is 6.11. The van der Waals surface area contributed by atoms with E-state index in [0.29, 0.717) is 56.4 Å². The molecule has 2 aromatic rings. The average molecular weight is 456 g/mol. The van der Waals surface area contributed by atoms with Gasteiger partial charge in [-0.25, -0.2) is 4.98 Å². The quantitative estimate of drug-likeness (QED) is 0.751. The van der Waals surface area contributed by atoms with Crippen LogP contribution in [0, 0.1) is 6.92 Å². The SMILES string of the molecule is Cc1csc(C(O)(CC(=O)N2CCN(Cc3ccc4c(c3)CCO4)CC2)C(F)(F)F)n1. The van der Waals surface area contributed by atoms with E-state index in [9.17, 15) is 23.1 Å². The highest BCUT2D eigenvalue weighted by Crippen LogP contribution is 2.43. The van der Waals surface area contributed by atoms with E-state index in [0.717, 1.165) is 17.7 Å². The number of ether oxygens (including phenoxy) is 1. The molecule has 2 aliphatic rings. The van der Waals surface area contributed by atoms with Gasteiger partial charge in [0.15, 0.2) is 0 Å². The van der Waals surface area contributed by atoms with Crippen LogP contribution in [0.1, 0.15) is 28.2 Å². The maximum Gasteiger partial charge on any atom is 0.424 e. The van der Waals surface area contributed by atoms with Crippen LogP contribution >= 0.6 is 11.3 Å². The molecule has 1 atom stereocenters. The summed E-state index contributed by atoms with van der Waals surface area (Å²) in [6.45, 7) is 4.70. The first kappa shape index (κ1) is 22.0. The van der Waals surface area contributed by atoms with E-state index in [1.54, 1.807) is 6.92 Å². The number of piperazine rings is 1. The maximum atomic E-state index is 13.7. The van der Waals surface area contributed by atoms with E-state index in [1.807, 2.05) is 12.1 Å². The molecule has 0 saturated carbocycles. The predicted octanol–water partition coefficient (Wildman–Crippen LogP) is 2.87. The van der Waals surface area contributed by atoms with E-state index in [2.05, 4.69) is 16.0 Å². The van der Waals surface area contributed by atoms with Gasteiger partial charge < -0.3 is 14.7 Å². The summed E-state index contributed by atoms with van der Waals surface area (Å²) in [5.41, 5.74) is -0.557. The summed E-state index contributed by atoms with van der Waals surface area (Å²) in [4.78, 5) is 20.0. The second-order valence-electron chi connectivity index (χ2n) is 8.03. The van der Waals surface area contributed by atoms with Crippen LogP contribution in [0.15, 0.2) is 23.6 Å². The molecule has 3 heterocycles. The van der Waals surface area contributed by atoms with Gasteiger partial charge in [0.05, 0.1) is 13.0 Å². The molecule has 2 aliphatic heterocycles. The van der Waals surface area contributed by atoms with Crippen LogP contribution in [0.3, 0.4) is 0 Å². The first-order chi connectivity index (χ1) is 14.7. The van der Waals surface area contributed by atoms with Crippen molar-refractivity contribution in [2.24, 2.45) is 0 Å². The van der Waals surface area contributed by atoms with Crippen LogP contribution in [0.4, 0.5) is 13.2 Å². The largest absolute Gasteiger partial charge is 0.493 e. The number of carbonyl (C=O) groups excluding carboxylic acids is 1. The lowest BCUT2D eigenvalue weighted by Crippen LogP contribution is -2.52. The van der Waals surface area contributed by atoms with Crippen LogP contribution < -0.4 is 4.74 Å². The Morgan fingerprint density at radius 2 is 2.00 bits per heavy atom. The fourth-order valence-electron chi connectivity index (χ4n) is 3.92. The van der Waals surface area contributed by atoms with Crippen LogP contribution in [0.5, 0.6) is 5.75 Å².